The Morgan fingerprint density at radius 2 is 2.00 bits per heavy atom. The topological polar surface area (TPSA) is 62.3 Å². The summed E-state index contributed by atoms with van der Waals surface area (Å²) in [5.74, 6) is 0.483. The summed E-state index contributed by atoms with van der Waals surface area (Å²) in [6.07, 6.45) is 3.06. The minimum atomic E-state index is -0.0889. The number of anilines is 1. The van der Waals surface area contributed by atoms with E-state index >= 15 is 0 Å². The molecule has 8 heteroatoms. The lowest BCUT2D eigenvalue weighted by Gasteiger charge is -2.31. The number of amides is 2. The van der Waals surface area contributed by atoms with Gasteiger partial charge >= 0.3 is 0 Å². The van der Waals surface area contributed by atoms with Crippen LogP contribution >= 0.6 is 43.2 Å². The number of hydrogen-bond acceptors (Lipinski definition) is 4. The second-order valence-electron chi connectivity index (χ2n) is 6.01. The van der Waals surface area contributed by atoms with Crippen molar-refractivity contribution in [3.05, 3.63) is 43.1 Å². The predicted molar refractivity (Wildman–Crippen MR) is 106 cm³/mol. The number of likely N-dealkylation sites (tertiary alicyclic amines) is 1. The first kappa shape index (κ1) is 18.5. The number of hydrogen-bond donors (Lipinski definition) is 1. The molecule has 25 heavy (non-hydrogen) atoms. The van der Waals surface area contributed by atoms with Crippen molar-refractivity contribution < 1.29 is 9.59 Å². The highest BCUT2D eigenvalue weighted by Crippen LogP contribution is 2.33. The molecule has 2 amide bonds. The number of aryl methyl sites for hydroxylation is 1. The third-order valence-corrected chi connectivity index (χ3v) is 7.42. The molecule has 0 radical (unpaired) electrons. The molecule has 5 nitrogen and oxygen atoms in total. The molecule has 2 aromatic rings. The third kappa shape index (κ3) is 4.48. The Morgan fingerprint density at radius 1 is 1.28 bits per heavy atom. The van der Waals surface area contributed by atoms with E-state index in [-0.39, 0.29) is 17.7 Å². The number of pyridine rings is 1. The van der Waals surface area contributed by atoms with Gasteiger partial charge in [-0.25, -0.2) is 4.98 Å². The molecule has 0 aromatic carbocycles. The second kappa shape index (κ2) is 7.97. The van der Waals surface area contributed by atoms with Gasteiger partial charge in [0.05, 0.1) is 8.66 Å². The highest BCUT2D eigenvalue weighted by atomic mass is 79.9. The normalized spacial score (nSPS) is 15.2. The van der Waals surface area contributed by atoms with Crippen LogP contribution < -0.4 is 5.32 Å². The van der Waals surface area contributed by atoms with E-state index in [4.69, 9.17) is 0 Å². The summed E-state index contributed by atoms with van der Waals surface area (Å²) in [6, 6.07) is 5.55. The van der Waals surface area contributed by atoms with Crippen LogP contribution in [0.5, 0.6) is 0 Å². The van der Waals surface area contributed by atoms with Gasteiger partial charge in [0.2, 0.25) is 5.91 Å². The first-order valence-electron chi connectivity index (χ1n) is 7.91. The zero-order valence-corrected chi connectivity index (χ0v) is 17.6. The van der Waals surface area contributed by atoms with Gasteiger partial charge in [-0.05, 0) is 69.3 Å². The van der Waals surface area contributed by atoms with Gasteiger partial charge < -0.3 is 10.2 Å². The summed E-state index contributed by atoms with van der Waals surface area (Å²) < 4.78 is 1.80. The number of thiophene rings is 1. The Balaban J connectivity index is 1.55. The molecule has 0 bridgehead atoms. The van der Waals surface area contributed by atoms with E-state index in [1.807, 2.05) is 24.0 Å². The maximum atomic E-state index is 12.5. The molecular weight excluding hydrogens is 470 g/mol. The predicted octanol–water partition coefficient (Wildman–Crippen LogP) is 4.47. The molecule has 0 spiro atoms. The van der Waals surface area contributed by atoms with Crippen molar-refractivity contribution in [1.82, 2.24) is 9.88 Å². The Hall–Kier alpha value is -1.25. The van der Waals surface area contributed by atoms with Crippen LogP contribution in [0.2, 0.25) is 0 Å². The van der Waals surface area contributed by atoms with E-state index in [2.05, 4.69) is 42.2 Å². The van der Waals surface area contributed by atoms with Crippen molar-refractivity contribution in [3.63, 3.8) is 0 Å². The first-order valence-corrected chi connectivity index (χ1v) is 10.3. The molecule has 1 fully saturated rings. The van der Waals surface area contributed by atoms with E-state index in [0.29, 0.717) is 36.6 Å². The van der Waals surface area contributed by atoms with Gasteiger partial charge in [-0.2, -0.15) is 0 Å². The second-order valence-corrected chi connectivity index (χ2v) is 9.23. The first-order chi connectivity index (χ1) is 11.9. The molecule has 0 aliphatic carbocycles. The summed E-state index contributed by atoms with van der Waals surface area (Å²) in [5, 5.41) is 2.86. The van der Waals surface area contributed by atoms with E-state index in [0.717, 1.165) is 13.8 Å². The van der Waals surface area contributed by atoms with E-state index < -0.39 is 0 Å². The molecule has 1 saturated heterocycles. The van der Waals surface area contributed by atoms with Crippen LogP contribution in [0.3, 0.4) is 0 Å². The summed E-state index contributed by atoms with van der Waals surface area (Å²) in [7, 11) is 0. The highest BCUT2D eigenvalue weighted by Gasteiger charge is 2.28. The number of piperidine rings is 1. The Bertz CT molecular complexity index is 764. The van der Waals surface area contributed by atoms with Gasteiger partial charge in [0.25, 0.3) is 5.91 Å². The molecule has 0 atom stereocenters. The SMILES string of the molecule is Cc1ccc(NC(=O)C2CCN(C(=O)c3cc(Br)c(Br)s3)CC2)nc1. The van der Waals surface area contributed by atoms with Crippen molar-refractivity contribution in [1.29, 1.82) is 0 Å². The van der Waals surface area contributed by atoms with Gasteiger partial charge in [-0.1, -0.05) is 6.07 Å². The minimum Gasteiger partial charge on any atom is -0.338 e. The number of nitrogens with one attached hydrogen (secondary N) is 1. The molecule has 1 aliphatic heterocycles. The van der Waals surface area contributed by atoms with Gasteiger partial charge in [0, 0.05) is 29.7 Å². The molecular formula is C17H17Br2N3O2S. The lowest BCUT2D eigenvalue weighted by Crippen LogP contribution is -2.41. The van der Waals surface area contributed by atoms with Crippen LogP contribution in [0.25, 0.3) is 0 Å². The maximum Gasteiger partial charge on any atom is 0.264 e. The summed E-state index contributed by atoms with van der Waals surface area (Å²) >= 11 is 8.24. The third-order valence-electron chi connectivity index (χ3n) is 4.17. The fourth-order valence-electron chi connectivity index (χ4n) is 2.72. The van der Waals surface area contributed by atoms with Gasteiger partial charge in [-0.15, -0.1) is 11.3 Å². The van der Waals surface area contributed by atoms with Gasteiger partial charge in [0.15, 0.2) is 0 Å². The lowest BCUT2D eigenvalue weighted by atomic mass is 9.96. The maximum absolute atomic E-state index is 12.5. The number of aromatic nitrogens is 1. The van der Waals surface area contributed by atoms with E-state index in [9.17, 15) is 9.59 Å². The standard InChI is InChI=1S/C17H17Br2N3O2S/c1-10-2-3-14(20-9-10)21-16(23)11-4-6-22(7-5-11)17(24)13-8-12(18)15(19)25-13/h2-3,8-9,11H,4-7H2,1H3,(H,20,21,23). The molecule has 1 N–H and O–H groups in total. The van der Waals surface area contributed by atoms with Crippen molar-refractivity contribution in [2.24, 2.45) is 5.92 Å². The quantitative estimate of drug-likeness (QED) is 0.696. The van der Waals surface area contributed by atoms with Crippen LogP contribution in [0.15, 0.2) is 32.7 Å². The number of halogens is 2. The number of nitrogens with zero attached hydrogens (tertiary/aromatic N) is 2. The Kier molecular flexibility index (Phi) is 5.91. The van der Waals surface area contributed by atoms with E-state index in [1.54, 1.807) is 12.3 Å². The molecule has 2 aromatic heterocycles. The van der Waals surface area contributed by atoms with Crippen molar-refractivity contribution in [3.8, 4) is 0 Å². The summed E-state index contributed by atoms with van der Waals surface area (Å²) in [5.41, 5.74) is 1.05. The molecule has 132 valence electrons. The van der Waals surface area contributed by atoms with Crippen LogP contribution in [0.1, 0.15) is 28.1 Å². The van der Waals surface area contributed by atoms with Gasteiger partial charge in [0.1, 0.15) is 5.82 Å². The van der Waals surface area contributed by atoms with Gasteiger partial charge in [-0.3, -0.25) is 9.59 Å². The van der Waals surface area contributed by atoms with Crippen LogP contribution in [-0.4, -0.2) is 34.8 Å². The van der Waals surface area contributed by atoms with Crippen LogP contribution in [-0.2, 0) is 4.79 Å². The largest absolute Gasteiger partial charge is 0.338 e. The molecule has 3 rings (SSSR count). The average Bonchev–Trinajstić information content (AvgIpc) is 2.95. The Labute approximate surface area is 167 Å². The fourth-order valence-corrected chi connectivity index (χ4v) is 4.73. The van der Waals surface area contributed by atoms with Crippen LogP contribution in [0, 0.1) is 12.8 Å². The number of carbonyl (C=O) groups is 2. The summed E-state index contributed by atoms with van der Waals surface area (Å²) in [6.45, 7) is 3.13. The van der Waals surface area contributed by atoms with Crippen molar-refractivity contribution in [2.75, 3.05) is 18.4 Å². The number of carbonyl (C=O) groups excluding carboxylic acids is 2. The van der Waals surface area contributed by atoms with Crippen molar-refractivity contribution in [2.45, 2.75) is 19.8 Å². The fraction of sp³-hybridized carbons (Fsp3) is 0.353. The molecule has 0 saturated carbocycles. The average molecular weight is 487 g/mol. The zero-order valence-electron chi connectivity index (χ0n) is 13.6. The molecule has 0 unspecified atom stereocenters. The molecule has 3 heterocycles. The Morgan fingerprint density at radius 3 is 2.56 bits per heavy atom. The zero-order chi connectivity index (χ0) is 18.0. The van der Waals surface area contributed by atoms with E-state index in [1.165, 1.54) is 11.3 Å². The van der Waals surface area contributed by atoms with Crippen molar-refractivity contribution >= 4 is 60.8 Å². The van der Waals surface area contributed by atoms with Crippen LogP contribution in [0.4, 0.5) is 5.82 Å². The minimum absolute atomic E-state index is 0.0231. The number of rotatable bonds is 3. The molecule has 1 aliphatic rings. The lowest BCUT2D eigenvalue weighted by molar-refractivity contribution is -0.121. The summed E-state index contributed by atoms with van der Waals surface area (Å²) in [4.78, 5) is 31.7. The monoisotopic (exact) mass is 485 g/mol. The smallest absolute Gasteiger partial charge is 0.264 e. The highest BCUT2D eigenvalue weighted by molar-refractivity contribution is 9.13.